The number of anilines is 1. The van der Waals surface area contributed by atoms with E-state index >= 15 is 0 Å². The van der Waals surface area contributed by atoms with Crippen LogP contribution in [0, 0.1) is 6.92 Å². The number of nitrogens with zero attached hydrogens (tertiary/aromatic N) is 2. The lowest BCUT2D eigenvalue weighted by Crippen LogP contribution is -2.22. The van der Waals surface area contributed by atoms with Gasteiger partial charge in [-0.15, -0.1) is 0 Å². The Kier molecular flexibility index (Phi) is 4.20. The van der Waals surface area contributed by atoms with Gasteiger partial charge in [-0.25, -0.2) is 0 Å². The molecule has 1 aromatic heterocycles. The maximum Gasteiger partial charge on any atom is 0.158 e. The fraction of sp³-hybridized carbons (Fsp3) is 0.238. The third kappa shape index (κ3) is 3.13. The molecular formula is C21H22N2O2. The molecule has 0 aliphatic carbocycles. The first-order chi connectivity index (χ1) is 12.2. The van der Waals surface area contributed by atoms with E-state index in [0.29, 0.717) is 0 Å². The second-order valence-electron chi connectivity index (χ2n) is 6.30. The Morgan fingerprint density at radius 1 is 0.960 bits per heavy atom. The molecule has 1 atom stereocenters. The molecular weight excluding hydrogens is 312 g/mol. The minimum Gasteiger partial charge on any atom is -0.497 e. The van der Waals surface area contributed by atoms with Gasteiger partial charge >= 0.3 is 0 Å². The van der Waals surface area contributed by atoms with Crippen LogP contribution in [0.15, 0.2) is 67.0 Å². The van der Waals surface area contributed by atoms with Crippen LogP contribution in [0.25, 0.3) is 5.69 Å². The molecule has 0 bridgehead atoms. The second kappa shape index (κ2) is 6.65. The lowest BCUT2D eigenvalue weighted by atomic mass is 10.2. The zero-order chi connectivity index (χ0) is 17.2. The van der Waals surface area contributed by atoms with Crippen molar-refractivity contribution >= 4 is 5.69 Å². The predicted molar refractivity (Wildman–Crippen MR) is 99.5 cm³/mol. The van der Waals surface area contributed by atoms with E-state index < -0.39 is 0 Å². The van der Waals surface area contributed by atoms with Gasteiger partial charge in [-0.2, -0.15) is 0 Å². The Labute approximate surface area is 148 Å². The number of rotatable bonds is 4. The summed E-state index contributed by atoms with van der Waals surface area (Å²) in [6.07, 6.45) is 4.19. The number of aromatic nitrogens is 1. The summed E-state index contributed by atoms with van der Waals surface area (Å²) < 4.78 is 13.4. The van der Waals surface area contributed by atoms with E-state index in [1.807, 2.05) is 12.1 Å². The number of ether oxygens (including phenoxy) is 2. The zero-order valence-corrected chi connectivity index (χ0v) is 14.6. The molecule has 128 valence electrons. The molecule has 4 rings (SSSR count). The van der Waals surface area contributed by atoms with Crippen molar-refractivity contribution in [2.24, 2.45) is 0 Å². The van der Waals surface area contributed by atoms with Crippen molar-refractivity contribution in [3.05, 3.63) is 78.1 Å². The van der Waals surface area contributed by atoms with Gasteiger partial charge in [0.1, 0.15) is 5.75 Å². The van der Waals surface area contributed by atoms with E-state index in [0.717, 1.165) is 35.8 Å². The highest BCUT2D eigenvalue weighted by molar-refractivity contribution is 5.51. The molecule has 2 aromatic carbocycles. The van der Waals surface area contributed by atoms with Crippen LogP contribution in [0.1, 0.15) is 17.4 Å². The van der Waals surface area contributed by atoms with Crippen molar-refractivity contribution in [2.45, 2.75) is 13.2 Å². The van der Waals surface area contributed by atoms with Gasteiger partial charge in [-0.3, -0.25) is 0 Å². The number of hydrogen-bond acceptors (Lipinski definition) is 3. The molecule has 2 heterocycles. The van der Waals surface area contributed by atoms with Crippen LogP contribution in [0.4, 0.5) is 5.69 Å². The Morgan fingerprint density at radius 2 is 1.68 bits per heavy atom. The van der Waals surface area contributed by atoms with Gasteiger partial charge in [-0.1, -0.05) is 17.7 Å². The van der Waals surface area contributed by atoms with Crippen LogP contribution >= 0.6 is 0 Å². The normalized spacial score (nSPS) is 17.0. The van der Waals surface area contributed by atoms with Crippen molar-refractivity contribution in [1.29, 1.82) is 0 Å². The highest BCUT2D eigenvalue weighted by Crippen LogP contribution is 2.33. The molecule has 1 aliphatic rings. The number of benzene rings is 2. The summed E-state index contributed by atoms with van der Waals surface area (Å²) in [7, 11) is 1.69. The summed E-state index contributed by atoms with van der Waals surface area (Å²) in [5.41, 5.74) is 4.73. The van der Waals surface area contributed by atoms with E-state index in [1.54, 1.807) is 7.11 Å². The lowest BCUT2D eigenvalue weighted by molar-refractivity contribution is 0.114. The summed E-state index contributed by atoms with van der Waals surface area (Å²) in [6.45, 7) is 3.71. The first kappa shape index (κ1) is 15.8. The summed E-state index contributed by atoms with van der Waals surface area (Å²) in [4.78, 5) is 2.29. The molecule has 4 heteroatoms. The van der Waals surface area contributed by atoms with Crippen LogP contribution in [0.5, 0.6) is 5.75 Å². The fourth-order valence-corrected chi connectivity index (χ4v) is 3.22. The molecule has 25 heavy (non-hydrogen) atoms. The van der Waals surface area contributed by atoms with Crippen molar-refractivity contribution in [3.8, 4) is 11.4 Å². The van der Waals surface area contributed by atoms with Crippen LogP contribution in [0.3, 0.4) is 0 Å². The molecule has 0 radical (unpaired) electrons. The third-order valence-corrected chi connectivity index (χ3v) is 4.63. The van der Waals surface area contributed by atoms with Crippen molar-refractivity contribution in [2.75, 3.05) is 25.2 Å². The van der Waals surface area contributed by atoms with Gasteiger partial charge in [0.25, 0.3) is 0 Å². The van der Waals surface area contributed by atoms with Crippen LogP contribution in [0.2, 0.25) is 0 Å². The molecule has 0 N–H and O–H groups in total. The maximum atomic E-state index is 6.01. The third-order valence-electron chi connectivity index (χ3n) is 4.63. The molecule has 1 saturated heterocycles. The summed E-state index contributed by atoms with van der Waals surface area (Å²) in [6, 6.07) is 18.8. The van der Waals surface area contributed by atoms with Gasteiger partial charge in [0.05, 0.1) is 13.7 Å². The van der Waals surface area contributed by atoms with Gasteiger partial charge in [0, 0.05) is 35.9 Å². The Hall–Kier alpha value is -2.72. The molecule has 0 amide bonds. The quantitative estimate of drug-likeness (QED) is 0.710. The number of hydrogen-bond donors (Lipinski definition) is 0. The van der Waals surface area contributed by atoms with Gasteiger partial charge in [0.2, 0.25) is 0 Å². The summed E-state index contributed by atoms with van der Waals surface area (Å²) in [5, 5.41) is 0. The average Bonchev–Trinajstić information content (AvgIpc) is 3.31. The highest BCUT2D eigenvalue weighted by atomic mass is 16.5. The second-order valence-corrected chi connectivity index (χ2v) is 6.30. The van der Waals surface area contributed by atoms with Gasteiger partial charge < -0.3 is 18.9 Å². The average molecular weight is 334 g/mol. The molecule has 0 spiro atoms. The zero-order valence-electron chi connectivity index (χ0n) is 14.6. The van der Waals surface area contributed by atoms with E-state index in [2.05, 4.69) is 71.2 Å². The molecule has 1 aliphatic heterocycles. The number of methoxy groups -OCH3 is 1. The lowest BCUT2D eigenvalue weighted by Gasteiger charge is -2.24. The first-order valence-corrected chi connectivity index (χ1v) is 8.52. The molecule has 0 unspecified atom stereocenters. The number of aryl methyl sites for hydroxylation is 1. The minimum absolute atomic E-state index is 0.0555. The van der Waals surface area contributed by atoms with E-state index in [9.17, 15) is 0 Å². The van der Waals surface area contributed by atoms with Crippen molar-refractivity contribution in [1.82, 2.24) is 4.57 Å². The van der Waals surface area contributed by atoms with E-state index in [-0.39, 0.29) is 6.23 Å². The maximum absolute atomic E-state index is 6.01. The molecule has 1 fully saturated rings. The predicted octanol–water partition coefficient (Wildman–Crippen LogP) is 4.33. The minimum atomic E-state index is -0.0555. The summed E-state index contributed by atoms with van der Waals surface area (Å²) in [5.74, 6) is 0.867. The van der Waals surface area contributed by atoms with Crippen molar-refractivity contribution in [3.63, 3.8) is 0 Å². The standard InChI is InChI=1S/C21H22N2O2/c1-16-3-5-18(6-4-16)22-12-11-17(15-22)21-23(13-14-25-21)19-7-9-20(24-2)10-8-19/h3-12,15,21H,13-14H2,1-2H3/t21-/m0/s1. The van der Waals surface area contributed by atoms with E-state index in [1.165, 1.54) is 5.56 Å². The molecule has 4 nitrogen and oxygen atoms in total. The Morgan fingerprint density at radius 3 is 2.40 bits per heavy atom. The molecule has 3 aromatic rings. The van der Waals surface area contributed by atoms with Crippen LogP contribution in [-0.2, 0) is 4.74 Å². The largest absolute Gasteiger partial charge is 0.497 e. The SMILES string of the molecule is COc1ccc(N2CCO[C@H]2c2ccn(-c3ccc(C)cc3)c2)cc1. The smallest absolute Gasteiger partial charge is 0.158 e. The Bertz CT molecular complexity index is 837. The summed E-state index contributed by atoms with van der Waals surface area (Å²) >= 11 is 0. The fourth-order valence-electron chi connectivity index (χ4n) is 3.22. The van der Waals surface area contributed by atoms with E-state index in [4.69, 9.17) is 9.47 Å². The van der Waals surface area contributed by atoms with Gasteiger partial charge in [0.15, 0.2) is 6.23 Å². The Balaban J connectivity index is 1.59. The van der Waals surface area contributed by atoms with Gasteiger partial charge in [-0.05, 0) is 49.4 Å². The van der Waals surface area contributed by atoms with Crippen LogP contribution < -0.4 is 9.64 Å². The topological polar surface area (TPSA) is 26.6 Å². The first-order valence-electron chi connectivity index (χ1n) is 8.52. The molecule has 0 saturated carbocycles. The van der Waals surface area contributed by atoms with Crippen molar-refractivity contribution < 1.29 is 9.47 Å². The van der Waals surface area contributed by atoms with Crippen LogP contribution in [-0.4, -0.2) is 24.8 Å². The monoisotopic (exact) mass is 334 g/mol. The highest BCUT2D eigenvalue weighted by Gasteiger charge is 2.27.